The van der Waals surface area contributed by atoms with Crippen LogP contribution in [0.4, 0.5) is 0 Å². The lowest BCUT2D eigenvalue weighted by Gasteiger charge is -2.34. The molecule has 1 saturated heterocycles. The van der Waals surface area contributed by atoms with Crippen molar-refractivity contribution in [3.05, 3.63) is 22.4 Å². The molecule has 1 fully saturated rings. The van der Waals surface area contributed by atoms with Gasteiger partial charge in [-0.1, -0.05) is 6.07 Å². The van der Waals surface area contributed by atoms with Gasteiger partial charge in [-0.3, -0.25) is 4.79 Å². The predicted molar refractivity (Wildman–Crippen MR) is 57.0 cm³/mol. The van der Waals surface area contributed by atoms with Crippen LogP contribution in [0.2, 0.25) is 0 Å². The first-order chi connectivity index (χ1) is 7.33. The summed E-state index contributed by atoms with van der Waals surface area (Å²) in [5.41, 5.74) is 0. The molecule has 0 aromatic carbocycles. The van der Waals surface area contributed by atoms with Crippen LogP contribution >= 0.6 is 11.3 Å². The van der Waals surface area contributed by atoms with Crippen LogP contribution in [0.15, 0.2) is 17.5 Å². The van der Waals surface area contributed by atoms with Crippen molar-refractivity contribution >= 4 is 17.2 Å². The van der Waals surface area contributed by atoms with Gasteiger partial charge in [-0.25, -0.2) is 0 Å². The van der Waals surface area contributed by atoms with Crippen molar-refractivity contribution in [3.63, 3.8) is 0 Å². The van der Waals surface area contributed by atoms with Gasteiger partial charge in [0, 0.05) is 6.54 Å². The van der Waals surface area contributed by atoms with E-state index in [-0.39, 0.29) is 18.6 Å². The molecule has 0 bridgehead atoms. The molecule has 0 saturated carbocycles. The summed E-state index contributed by atoms with van der Waals surface area (Å²) in [6.07, 6.45) is 0. The maximum absolute atomic E-state index is 12.0. The van der Waals surface area contributed by atoms with Crippen molar-refractivity contribution in [2.24, 2.45) is 0 Å². The summed E-state index contributed by atoms with van der Waals surface area (Å²) in [5.74, 6) is -0.00708. The summed E-state index contributed by atoms with van der Waals surface area (Å²) in [7, 11) is 0. The zero-order valence-electron chi connectivity index (χ0n) is 8.26. The summed E-state index contributed by atoms with van der Waals surface area (Å²) in [4.78, 5) is 14.4. The summed E-state index contributed by atoms with van der Waals surface area (Å²) >= 11 is 1.42. The Labute approximate surface area is 92.1 Å². The highest BCUT2D eigenvalue weighted by Crippen LogP contribution is 2.16. The third-order valence-electron chi connectivity index (χ3n) is 2.43. The van der Waals surface area contributed by atoms with E-state index in [4.69, 9.17) is 9.84 Å². The van der Waals surface area contributed by atoms with Crippen LogP contribution in [0.3, 0.4) is 0 Å². The smallest absolute Gasteiger partial charge is 0.264 e. The molecule has 1 aliphatic heterocycles. The van der Waals surface area contributed by atoms with E-state index in [1.807, 2.05) is 11.4 Å². The second kappa shape index (κ2) is 4.74. The number of amides is 1. The molecule has 15 heavy (non-hydrogen) atoms. The Morgan fingerprint density at radius 3 is 3.27 bits per heavy atom. The summed E-state index contributed by atoms with van der Waals surface area (Å²) in [5, 5.41) is 11.0. The van der Waals surface area contributed by atoms with E-state index in [0.29, 0.717) is 19.8 Å². The lowest BCUT2D eigenvalue weighted by Crippen LogP contribution is -2.50. The zero-order chi connectivity index (χ0) is 10.7. The fourth-order valence-corrected chi connectivity index (χ4v) is 2.29. The number of rotatable bonds is 2. The number of thiophene rings is 1. The van der Waals surface area contributed by atoms with Crippen molar-refractivity contribution in [1.29, 1.82) is 0 Å². The van der Waals surface area contributed by atoms with Crippen LogP contribution in [0.1, 0.15) is 9.67 Å². The van der Waals surface area contributed by atoms with Gasteiger partial charge >= 0.3 is 0 Å². The molecule has 4 nitrogen and oxygen atoms in total. The van der Waals surface area contributed by atoms with Crippen molar-refractivity contribution in [3.8, 4) is 0 Å². The molecule has 1 amide bonds. The summed E-state index contributed by atoms with van der Waals surface area (Å²) in [6, 6.07) is 3.46. The van der Waals surface area contributed by atoms with Gasteiger partial charge in [0.15, 0.2) is 0 Å². The van der Waals surface area contributed by atoms with Crippen molar-refractivity contribution in [2.45, 2.75) is 6.04 Å². The molecule has 82 valence electrons. The van der Waals surface area contributed by atoms with Crippen LogP contribution in [-0.2, 0) is 4.74 Å². The topological polar surface area (TPSA) is 49.8 Å². The normalized spacial score (nSPS) is 21.7. The SMILES string of the molecule is O=C(c1cccs1)N1CCOCC1CO. The zero-order valence-corrected chi connectivity index (χ0v) is 9.07. The van der Waals surface area contributed by atoms with E-state index < -0.39 is 0 Å². The van der Waals surface area contributed by atoms with E-state index in [0.717, 1.165) is 4.88 Å². The number of hydrogen-bond donors (Lipinski definition) is 1. The van der Waals surface area contributed by atoms with Crippen LogP contribution in [-0.4, -0.2) is 48.3 Å². The monoisotopic (exact) mass is 227 g/mol. The Hall–Kier alpha value is -0.910. The fourth-order valence-electron chi connectivity index (χ4n) is 1.62. The molecule has 5 heteroatoms. The average Bonchev–Trinajstić information content (AvgIpc) is 2.81. The molecular formula is C10H13NO3S. The van der Waals surface area contributed by atoms with Gasteiger partial charge in [0.05, 0.1) is 30.7 Å². The van der Waals surface area contributed by atoms with E-state index in [9.17, 15) is 4.79 Å². The van der Waals surface area contributed by atoms with Crippen molar-refractivity contribution in [2.75, 3.05) is 26.4 Å². The van der Waals surface area contributed by atoms with Gasteiger partial charge in [-0.15, -0.1) is 11.3 Å². The molecule has 1 unspecified atom stereocenters. The second-order valence-corrected chi connectivity index (χ2v) is 4.33. The Morgan fingerprint density at radius 1 is 1.73 bits per heavy atom. The molecule has 1 N–H and O–H groups in total. The molecule has 0 aliphatic carbocycles. The molecule has 1 atom stereocenters. The highest BCUT2D eigenvalue weighted by atomic mass is 32.1. The molecule has 2 heterocycles. The van der Waals surface area contributed by atoms with Gasteiger partial charge in [0.25, 0.3) is 5.91 Å². The van der Waals surface area contributed by atoms with Crippen LogP contribution in [0, 0.1) is 0 Å². The Bertz CT molecular complexity index is 325. The predicted octanol–water partition coefficient (Wildman–Crippen LogP) is 0.581. The van der Waals surface area contributed by atoms with Gasteiger partial charge in [0.1, 0.15) is 0 Å². The number of aliphatic hydroxyl groups is 1. The maximum Gasteiger partial charge on any atom is 0.264 e. The first-order valence-electron chi connectivity index (χ1n) is 4.86. The molecule has 1 aromatic heterocycles. The Balaban J connectivity index is 2.11. The minimum Gasteiger partial charge on any atom is -0.394 e. The number of carbonyl (C=O) groups excluding carboxylic acids is 1. The van der Waals surface area contributed by atoms with Crippen LogP contribution < -0.4 is 0 Å². The van der Waals surface area contributed by atoms with Gasteiger partial charge in [-0.05, 0) is 11.4 Å². The van der Waals surface area contributed by atoms with E-state index >= 15 is 0 Å². The fraction of sp³-hybridized carbons (Fsp3) is 0.500. The summed E-state index contributed by atoms with van der Waals surface area (Å²) < 4.78 is 5.22. The highest BCUT2D eigenvalue weighted by Gasteiger charge is 2.27. The van der Waals surface area contributed by atoms with E-state index in [2.05, 4.69) is 0 Å². The molecule has 0 spiro atoms. The Kier molecular flexibility index (Phi) is 3.35. The average molecular weight is 227 g/mol. The molecule has 1 aliphatic rings. The second-order valence-electron chi connectivity index (χ2n) is 3.39. The minimum atomic E-state index is -0.201. The third-order valence-corrected chi connectivity index (χ3v) is 3.29. The molecular weight excluding hydrogens is 214 g/mol. The first kappa shape index (κ1) is 10.6. The van der Waals surface area contributed by atoms with Gasteiger partial charge < -0.3 is 14.7 Å². The third kappa shape index (κ3) is 2.19. The lowest BCUT2D eigenvalue weighted by molar-refractivity contribution is -0.0181. The number of hydrogen-bond acceptors (Lipinski definition) is 4. The quantitative estimate of drug-likeness (QED) is 0.804. The molecule has 2 rings (SSSR count). The van der Waals surface area contributed by atoms with Gasteiger partial charge in [-0.2, -0.15) is 0 Å². The number of nitrogens with zero attached hydrogens (tertiary/aromatic N) is 1. The first-order valence-corrected chi connectivity index (χ1v) is 5.74. The summed E-state index contributed by atoms with van der Waals surface area (Å²) in [6.45, 7) is 1.49. The Morgan fingerprint density at radius 2 is 2.60 bits per heavy atom. The highest BCUT2D eigenvalue weighted by molar-refractivity contribution is 7.12. The lowest BCUT2D eigenvalue weighted by atomic mass is 10.2. The molecule has 0 radical (unpaired) electrons. The number of carbonyl (C=O) groups is 1. The van der Waals surface area contributed by atoms with Gasteiger partial charge in [0.2, 0.25) is 0 Å². The van der Waals surface area contributed by atoms with Crippen LogP contribution in [0.25, 0.3) is 0 Å². The number of aliphatic hydroxyl groups excluding tert-OH is 1. The molecule has 1 aromatic rings. The van der Waals surface area contributed by atoms with Crippen molar-refractivity contribution in [1.82, 2.24) is 4.90 Å². The van der Waals surface area contributed by atoms with E-state index in [1.54, 1.807) is 11.0 Å². The number of ether oxygens (including phenoxy) is 1. The standard InChI is InChI=1S/C10H13NO3S/c12-6-8-7-14-4-3-11(8)10(13)9-2-1-5-15-9/h1-2,5,8,12H,3-4,6-7H2. The van der Waals surface area contributed by atoms with Crippen LogP contribution in [0.5, 0.6) is 0 Å². The van der Waals surface area contributed by atoms with E-state index in [1.165, 1.54) is 11.3 Å². The number of morpholine rings is 1. The minimum absolute atomic E-state index is 0.00708. The largest absolute Gasteiger partial charge is 0.394 e. The maximum atomic E-state index is 12.0. The van der Waals surface area contributed by atoms with Crippen molar-refractivity contribution < 1.29 is 14.6 Å².